The van der Waals surface area contributed by atoms with Gasteiger partial charge in [0.15, 0.2) is 6.10 Å². The third kappa shape index (κ3) is 4.34. The Morgan fingerprint density at radius 1 is 1.80 bits per heavy atom. The van der Waals surface area contributed by atoms with Gasteiger partial charge < -0.3 is 15.1 Å². The van der Waals surface area contributed by atoms with Crippen molar-refractivity contribution in [3.8, 4) is 0 Å². The normalized spacial score (nSPS) is 14.4. The maximum Gasteiger partial charge on any atom is 0.488 e. The van der Waals surface area contributed by atoms with Crippen LogP contribution in [0.15, 0.2) is 0 Å². The molecule has 0 fully saturated rings. The molecule has 0 heterocycles. The molecular formula is C3H5O6P. The van der Waals surface area contributed by atoms with Crippen molar-refractivity contribution in [3.63, 3.8) is 0 Å². The minimum Gasteiger partial charge on any atom is -0.566 e. The first kappa shape index (κ1) is 9.45. The van der Waals surface area contributed by atoms with E-state index >= 15 is 0 Å². The lowest BCUT2D eigenvalue weighted by Gasteiger charge is -1.98. The van der Waals surface area contributed by atoms with Gasteiger partial charge in [-0.25, -0.2) is 4.79 Å². The number of aliphatic hydroxyl groups excluding tert-OH is 1. The molecule has 0 aromatic carbocycles. The largest absolute Gasteiger partial charge is 0.566 e. The molecule has 10 heavy (non-hydrogen) atoms. The minimum atomic E-state index is -3.08. The molecule has 0 saturated heterocycles. The fraction of sp³-hybridized carbons (Fsp3) is 0.667. The van der Waals surface area contributed by atoms with Crippen LogP contribution in [0.1, 0.15) is 0 Å². The summed E-state index contributed by atoms with van der Waals surface area (Å²) >= 11 is 0. The van der Waals surface area contributed by atoms with Crippen LogP contribution >= 0.6 is 8.25 Å². The Morgan fingerprint density at radius 2 is 2.30 bits per heavy atom. The van der Waals surface area contributed by atoms with E-state index in [2.05, 4.69) is 4.52 Å². The third-order valence-corrected chi connectivity index (χ3v) is 0.983. The molecule has 0 rings (SSSR count). The molecule has 58 valence electrons. The van der Waals surface area contributed by atoms with E-state index in [1.165, 1.54) is 0 Å². The highest BCUT2D eigenvalue weighted by Gasteiger charge is 2.16. The molecule has 6 nitrogen and oxygen atoms in total. The molecule has 2 N–H and O–H groups in total. The fourth-order valence-electron chi connectivity index (χ4n) is 0.203. The molecule has 0 aliphatic rings. The van der Waals surface area contributed by atoms with Crippen molar-refractivity contribution in [2.45, 2.75) is 6.10 Å². The average molecular weight is 168 g/mol. The van der Waals surface area contributed by atoms with E-state index in [-0.39, 0.29) is 0 Å². The van der Waals surface area contributed by atoms with Gasteiger partial charge in [-0.1, -0.05) is 0 Å². The van der Waals surface area contributed by atoms with Gasteiger partial charge in [0.25, 0.3) is 0 Å². The van der Waals surface area contributed by atoms with Crippen molar-refractivity contribution in [3.05, 3.63) is 0 Å². The molecule has 2 atom stereocenters. The molecule has 0 aromatic rings. The van der Waals surface area contributed by atoms with Crippen LogP contribution < -0.4 is 4.89 Å². The number of carbonyl (C=O) groups is 1. The molecule has 0 aromatic heterocycles. The van der Waals surface area contributed by atoms with E-state index in [0.29, 0.717) is 0 Å². The Kier molecular flexibility index (Phi) is 4.06. The summed E-state index contributed by atoms with van der Waals surface area (Å²) in [7, 11) is -3.08. The van der Waals surface area contributed by atoms with Gasteiger partial charge in [0, 0.05) is 0 Å². The van der Waals surface area contributed by atoms with E-state index in [0.717, 1.165) is 0 Å². The number of hydrogen-bond acceptors (Lipinski definition) is 5. The monoisotopic (exact) mass is 168 g/mol. The summed E-state index contributed by atoms with van der Waals surface area (Å²) < 4.78 is 13.4. The smallest absolute Gasteiger partial charge is 0.488 e. The van der Waals surface area contributed by atoms with E-state index in [1.807, 2.05) is 0 Å². The first-order valence-corrected chi connectivity index (χ1v) is 3.31. The second-order valence-electron chi connectivity index (χ2n) is 1.37. The maximum atomic E-state index is 9.78. The van der Waals surface area contributed by atoms with Gasteiger partial charge in [0.05, 0.1) is 0 Å². The standard InChI is InChI=1S/C3H5O6P/c4-2(3(5)6)1-9-10(7)8/h2,4H,1H2,(H,5,6)/t2-/m1/s1. The van der Waals surface area contributed by atoms with Gasteiger partial charge in [-0.05, 0) is 4.57 Å². The highest BCUT2D eigenvalue weighted by molar-refractivity contribution is 7.30. The quantitative estimate of drug-likeness (QED) is 0.493. The third-order valence-electron chi connectivity index (χ3n) is 0.623. The Bertz CT molecular complexity index is 144. The number of aliphatic hydroxyl groups is 1. The topological polar surface area (TPSA) is 107 Å². The molecule has 0 radical (unpaired) electrons. The number of carboxylic acids is 1. The van der Waals surface area contributed by atoms with E-state index in [1.54, 1.807) is 0 Å². The van der Waals surface area contributed by atoms with Crippen molar-refractivity contribution < 1.29 is 29.0 Å². The van der Waals surface area contributed by atoms with Crippen LogP contribution in [-0.2, 0) is 13.9 Å². The van der Waals surface area contributed by atoms with Crippen molar-refractivity contribution in [2.75, 3.05) is 6.61 Å². The molecule has 7 heteroatoms. The fourth-order valence-corrected chi connectivity index (χ4v) is 0.466. The van der Waals surface area contributed by atoms with Gasteiger partial charge in [0.1, 0.15) is 6.61 Å². The van der Waals surface area contributed by atoms with Gasteiger partial charge in [-0.15, -0.1) is 4.52 Å². The zero-order chi connectivity index (χ0) is 8.15. The Balaban J connectivity index is 3.49. The summed E-state index contributed by atoms with van der Waals surface area (Å²) in [6, 6.07) is 0. The SMILES string of the molecule is O=C(O)[C@H](O)CO[P+](=O)[O-]. The predicted molar refractivity (Wildman–Crippen MR) is 27.2 cm³/mol. The number of hydrogen-bond donors (Lipinski definition) is 2. The van der Waals surface area contributed by atoms with Crippen molar-refractivity contribution >= 4 is 14.2 Å². The van der Waals surface area contributed by atoms with Gasteiger partial charge in [-0.2, -0.15) is 0 Å². The molecule has 0 spiro atoms. The zero-order valence-electron chi connectivity index (χ0n) is 4.76. The second-order valence-corrected chi connectivity index (χ2v) is 2.08. The lowest BCUT2D eigenvalue weighted by Crippen LogP contribution is -2.24. The van der Waals surface area contributed by atoms with Gasteiger partial charge in [-0.3, -0.25) is 0 Å². The van der Waals surface area contributed by atoms with E-state index < -0.39 is 26.9 Å². The highest BCUT2D eigenvalue weighted by Crippen LogP contribution is 2.08. The molecule has 1 unspecified atom stereocenters. The Labute approximate surface area is 57.0 Å². The lowest BCUT2D eigenvalue weighted by molar-refractivity contribution is -0.188. The molecule has 0 aliphatic carbocycles. The van der Waals surface area contributed by atoms with Crippen LogP contribution in [0.25, 0.3) is 0 Å². The van der Waals surface area contributed by atoms with Crippen LogP contribution in [0.2, 0.25) is 0 Å². The first-order valence-electron chi connectivity index (χ1n) is 2.22. The van der Waals surface area contributed by atoms with Crippen molar-refractivity contribution in [2.24, 2.45) is 0 Å². The van der Waals surface area contributed by atoms with Gasteiger partial charge in [0.2, 0.25) is 0 Å². The molecular weight excluding hydrogens is 163 g/mol. The highest BCUT2D eigenvalue weighted by atomic mass is 31.1. The predicted octanol–water partition coefficient (Wildman–Crippen LogP) is -1.53. The van der Waals surface area contributed by atoms with Crippen LogP contribution in [0.4, 0.5) is 0 Å². The molecule has 0 aliphatic heterocycles. The average Bonchev–Trinajstić information content (AvgIpc) is 1.82. The maximum absolute atomic E-state index is 9.78. The summed E-state index contributed by atoms with van der Waals surface area (Å²) in [5, 5.41) is 16.4. The summed E-state index contributed by atoms with van der Waals surface area (Å²) in [6.45, 7) is -0.742. The van der Waals surface area contributed by atoms with Crippen LogP contribution in [0.5, 0.6) is 0 Å². The summed E-state index contributed by atoms with van der Waals surface area (Å²) in [6.07, 6.45) is -1.78. The van der Waals surface area contributed by atoms with Gasteiger partial charge >= 0.3 is 14.2 Å². The number of rotatable bonds is 4. The summed E-state index contributed by atoms with van der Waals surface area (Å²) in [5.74, 6) is -1.52. The number of aliphatic carboxylic acids is 1. The molecule has 0 amide bonds. The second kappa shape index (κ2) is 4.29. The Morgan fingerprint density at radius 3 is 2.60 bits per heavy atom. The van der Waals surface area contributed by atoms with E-state index in [9.17, 15) is 14.3 Å². The summed E-state index contributed by atoms with van der Waals surface area (Å²) in [4.78, 5) is 19.4. The van der Waals surface area contributed by atoms with Crippen molar-refractivity contribution in [1.82, 2.24) is 0 Å². The van der Waals surface area contributed by atoms with E-state index in [4.69, 9.17) is 10.2 Å². The first-order chi connectivity index (χ1) is 4.54. The number of carboxylic acid groups (broad SMARTS) is 1. The lowest BCUT2D eigenvalue weighted by atomic mass is 10.4. The van der Waals surface area contributed by atoms with Crippen LogP contribution in [0.3, 0.4) is 0 Å². The Hall–Kier alpha value is -0.550. The van der Waals surface area contributed by atoms with Crippen LogP contribution in [-0.4, -0.2) is 28.9 Å². The minimum absolute atomic E-state index is 0.742. The molecule has 0 bridgehead atoms. The zero-order valence-corrected chi connectivity index (χ0v) is 5.65. The van der Waals surface area contributed by atoms with Crippen LogP contribution in [0, 0.1) is 0 Å². The van der Waals surface area contributed by atoms with Crippen molar-refractivity contribution in [1.29, 1.82) is 0 Å². The summed E-state index contributed by atoms with van der Waals surface area (Å²) in [5.41, 5.74) is 0. The molecule has 0 saturated carbocycles.